The third-order valence-corrected chi connectivity index (χ3v) is 0. The molecule has 0 aromatic heterocycles. The molecular formula is C2H6N4O2Rf-2. The zero-order valence-electron chi connectivity index (χ0n) is 4.68. The third-order valence-electron chi connectivity index (χ3n) is 0. The molecule has 0 spiro atoms. The summed E-state index contributed by atoms with van der Waals surface area (Å²) in [5.41, 5.74) is 19.7. The largest absolute Gasteiger partial charge is 0.463 e. The van der Waals surface area contributed by atoms with Crippen molar-refractivity contribution in [2.45, 2.75) is 0 Å². The molecule has 6 nitrogen and oxygen atoms in total. The molecule has 0 radical (unpaired) electrons. The van der Waals surface area contributed by atoms with E-state index in [4.69, 9.17) is 21.1 Å². The number of nitrogens with two attached hydrogens (primary N) is 2. The maximum atomic E-state index is 8.89. The van der Waals surface area contributed by atoms with Gasteiger partial charge in [0.25, 0.3) is 0 Å². The van der Waals surface area contributed by atoms with Gasteiger partial charge in [0, 0.05) is 0 Å². The normalized spacial score (nSPS) is 5.33. The summed E-state index contributed by atoms with van der Waals surface area (Å²) >= 11 is 0. The van der Waals surface area contributed by atoms with Crippen molar-refractivity contribution in [2.75, 3.05) is 0 Å². The molecule has 6 N–H and O–H groups in total. The van der Waals surface area contributed by atoms with Crippen molar-refractivity contribution in [3.05, 3.63) is 11.5 Å². The summed E-state index contributed by atoms with van der Waals surface area (Å²) in [5.74, 6) is 0. The molecule has 0 fully saturated rings. The van der Waals surface area contributed by atoms with E-state index in [-0.39, 0.29) is 0 Å². The molecule has 0 aliphatic rings. The average molecular weight is 385 g/mol. The summed E-state index contributed by atoms with van der Waals surface area (Å²) in [5, 5.41) is 0. The van der Waals surface area contributed by atoms with E-state index < -0.39 is 12.1 Å². The number of amides is 4. The van der Waals surface area contributed by atoms with E-state index >= 15 is 0 Å². The van der Waals surface area contributed by atoms with Gasteiger partial charge in [0.05, 0.1) is 0 Å². The van der Waals surface area contributed by atoms with E-state index in [9.17, 15) is 0 Å². The molecular weight excluding hydrogens is 379 g/mol. The van der Waals surface area contributed by atoms with Gasteiger partial charge in [-0.2, -0.15) is 0 Å². The Hall–Kier alpha value is -2.46. The molecule has 0 atom stereocenters. The minimum atomic E-state index is -1.08. The molecule has 0 heterocycles. The molecule has 0 aliphatic heterocycles. The maximum absolute atomic E-state index is 8.89. The Morgan fingerprint density at radius 3 is 1.00 bits per heavy atom. The molecule has 0 saturated carbocycles. The van der Waals surface area contributed by atoms with Crippen molar-refractivity contribution in [1.82, 2.24) is 0 Å². The fraction of sp³-hybridized carbons (Fsp3) is 0. The van der Waals surface area contributed by atoms with E-state index in [1.54, 1.807) is 0 Å². The molecule has 50 valence electrons. The standard InChI is InChI=1S/2CH4N2O.Rf/c2*2-1(3)4;/h2*(H4,2,3,4);/p-2. The summed E-state index contributed by atoms with van der Waals surface area (Å²) in [6.07, 6.45) is 0. The van der Waals surface area contributed by atoms with Gasteiger partial charge < -0.3 is 22.9 Å². The molecule has 4 amide bonds. The summed E-state index contributed by atoms with van der Waals surface area (Å²) < 4.78 is 0. The summed E-state index contributed by atoms with van der Waals surface area (Å²) in [6, 6.07) is -2.17. The zero-order valence-corrected chi connectivity index (χ0v) is 11.1. The molecule has 7 heteroatoms. The van der Waals surface area contributed by atoms with Gasteiger partial charge in [0.15, 0.2) is 0 Å². The minimum Gasteiger partial charge on any atom is -0.463 e. The van der Waals surface area contributed by atoms with Gasteiger partial charge in [-0.25, -0.2) is 0 Å². The molecule has 0 bridgehead atoms. The summed E-state index contributed by atoms with van der Waals surface area (Å²) in [7, 11) is 0. The number of carbonyl (C=O) groups excluding carboxylic acids is 2. The second kappa shape index (κ2) is 9.11. The Morgan fingerprint density at radius 2 is 1.00 bits per heavy atom. The van der Waals surface area contributed by atoms with E-state index in [0.29, 0.717) is 0 Å². The van der Waals surface area contributed by atoms with Gasteiger partial charge >= 0.3 is 0 Å². The van der Waals surface area contributed by atoms with Crippen LogP contribution in [0.4, 0.5) is 9.59 Å². The van der Waals surface area contributed by atoms with E-state index in [0.717, 1.165) is 0 Å². The smallest absolute Gasteiger partial charge is 0.147 e. The first-order valence-corrected chi connectivity index (χ1v) is 1.49. The number of nitrogens with one attached hydrogen (secondary N) is 2. The number of hydrogen-bond acceptors (Lipinski definition) is 2. The van der Waals surface area contributed by atoms with Crippen LogP contribution in [0.2, 0.25) is 0 Å². The monoisotopic (exact) mass is 385 g/mol. The van der Waals surface area contributed by atoms with E-state index in [1.165, 1.54) is 0 Å². The van der Waals surface area contributed by atoms with Crippen molar-refractivity contribution in [1.29, 1.82) is 0 Å². The first-order chi connectivity index (χ1) is 3.46. The topological polar surface area (TPSA) is 134 Å². The fourth-order valence-corrected chi connectivity index (χ4v) is 0. The van der Waals surface area contributed by atoms with Crippen LogP contribution in [-0.2, 0) is 0 Å². The van der Waals surface area contributed by atoms with Crippen LogP contribution in [0.15, 0.2) is 0 Å². The van der Waals surface area contributed by atoms with Crippen LogP contribution in [0.3, 0.4) is 0 Å². The third kappa shape index (κ3) is 11.5. The zero-order chi connectivity index (χ0) is 7.15. The quantitative estimate of drug-likeness (QED) is 0.618. The number of primary amides is 2. The Morgan fingerprint density at radius 1 is 1.00 bits per heavy atom. The number of carbonyl (C=O) groups is 2. The first kappa shape index (κ1) is 16.0. The molecule has 9 heavy (non-hydrogen) atoms. The van der Waals surface area contributed by atoms with Crippen molar-refractivity contribution in [3.63, 3.8) is 0 Å². The Balaban J connectivity index is -0.0000000720. The Labute approximate surface area is 45.8 Å². The van der Waals surface area contributed by atoms with Crippen LogP contribution < -0.4 is 11.5 Å². The van der Waals surface area contributed by atoms with Crippen LogP contribution in [0.5, 0.6) is 0 Å². The van der Waals surface area contributed by atoms with Gasteiger partial charge in [-0.3, -0.25) is 9.59 Å². The molecule has 0 aromatic rings. The second-order valence-electron chi connectivity index (χ2n) is 0.729. The first-order valence-electron chi connectivity index (χ1n) is 1.49. The summed E-state index contributed by atoms with van der Waals surface area (Å²) in [4.78, 5) is 17.8. The van der Waals surface area contributed by atoms with Crippen LogP contribution in [0.25, 0.3) is 11.5 Å². The SMILES string of the molecule is [NH-]C(N)=O.[NH-]C(N)=O.[Rf]. The predicted molar refractivity (Wildman–Crippen MR) is 27.8 cm³/mol. The van der Waals surface area contributed by atoms with Gasteiger partial charge in [0.1, 0.15) is 12.1 Å². The minimum absolute atomic E-state index is 0. The van der Waals surface area contributed by atoms with Crippen molar-refractivity contribution in [2.24, 2.45) is 11.5 Å². The number of rotatable bonds is 0. The van der Waals surface area contributed by atoms with Crippen LogP contribution in [0.1, 0.15) is 0 Å². The van der Waals surface area contributed by atoms with Crippen LogP contribution in [0, 0.1) is 0 Å². The molecule has 0 saturated heterocycles. The van der Waals surface area contributed by atoms with Crippen molar-refractivity contribution < 1.29 is 9.59 Å². The van der Waals surface area contributed by atoms with Gasteiger partial charge in [-0.05, 0) is 0 Å². The van der Waals surface area contributed by atoms with Crippen LogP contribution in [-0.4, -0.2) is 12.1 Å². The number of urea groups is 2. The van der Waals surface area contributed by atoms with Crippen LogP contribution >= 0.6 is 0 Å². The van der Waals surface area contributed by atoms with Gasteiger partial charge in [-0.1, -0.05) is 0 Å². The molecule has 0 rings (SSSR count). The fourth-order valence-electron chi connectivity index (χ4n) is 0. The molecule has 0 aromatic carbocycles. The van der Waals surface area contributed by atoms with Gasteiger partial charge in [0.2, 0.25) is 0 Å². The average Bonchev–Trinajstić information content (AvgIpc) is 1.25. The molecule has 0 unspecified atom stereocenters. The Bertz CT molecular complexity index is 74.6. The summed E-state index contributed by atoms with van der Waals surface area (Å²) in [6.45, 7) is 0. The van der Waals surface area contributed by atoms with Crippen molar-refractivity contribution >= 4 is 12.1 Å². The van der Waals surface area contributed by atoms with E-state index in [1.807, 2.05) is 0 Å². The van der Waals surface area contributed by atoms with Crippen molar-refractivity contribution in [3.8, 4) is 0 Å². The predicted octanol–water partition coefficient (Wildman–Crippen LogP) is 0.235. The maximum Gasteiger partial charge on any atom is 0.147 e. The van der Waals surface area contributed by atoms with Gasteiger partial charge in [-0.15, -0.1) is 0 Å². The number of hydrogen-bond donors (Lipinski definition) is 2. The Kier molecular flexibility index (Phi) is 16.2. The molecule has 0 aliphatic carbocycles. The second-order valence-corrected chi connectivity index (χ2v) is 0.729. The van der Waals surface area contributed by atoms with E-state index in [2.05, 4.69) is 11.5 Å².